The van der Waals surface area contributed by atoms with Crippen molar-refractivity contribution in [2.75, 3.05) is 5.88 Å². The van der Waals surface area contributed by atoms with Crippen molar-refractivity contribution < 1.29 is 4.74 Å². The van der Waals surface area contributed by atoms with Gasteiger partial charge >= 0.3 is 0 Å². The first-order chi connectivity index (χ1) is 9.81. The smallest absolute Gasteiger partial charge is 0.0687 e. The van der Waals surface area contributed by atoms with Crippen molar-refractivity contribution in [3.8, 4) is 0 Å². The van der Waals surface area contributed by atoms with E-state index in [1.165, 1.54) is 50.5 Å². The Kier molecular flexibility index (Phi) is 4.68. The molecule has 0 radical (unpaired) electrons. The highest BCUT2D eigenvalue weighted by Crippen LogP contribution is 2.44. The van der Waals surface area contributed by atoms with Gasteiger partial charge in [-0.2, -0.15) is 0 Å². The predicted octanol–water partition coefficient (Wildman–Crippen LogP) is 5.28. The number of alkyl halides is 1. The molecule has 0 bridgehead atoms. The van der Waals surface area contributed by atoms with Crippen molar-refractivity contribution in [1.82, 2.24) is 0 Å². The Morgan fingerprint density at radius 2 is 1.85 bits per heavy atom. The van der Waals surface area contributed by atoms with E-state index in [1.807, 2.05) is 0 Å². The summed E-state index contributed by atoms with van der Waals surface area (Å²) in [6, 6.07) is 10.7. The molecule has 2 aliphatic rings. The zero-order valence-electron chi connectivity index (χ0n) is 12.2. The van der Waals surface area contributed by atoms with Gasteiger partial charge in [0.05, 0.1) is 11.7 Å². The number of hydrogen-bond donors (Lipinski definition) is 0. The van der Waals surface area contributed by atoms with Crippen molar-refractivity contribution >= 4 is 11.6 Å². The summed E-state index contributed by atoms with van der Waals surface area (Å²) >= 11 is 6.20. The lowest BCUT2D eigenvalue weighted by Gasteiger charge is -2.33. The van der Waals surface area contributed by atoms with Crippen LogP contribution in [0.4, 0.5) is 0 Å². The molecule has 110 valence electrons. The fourth-order valence-corrected chi connectivity index (χ4v) is 4.26. The van der Waals surface area contributed by atoms with Gasteiger partial charge in [-0.1, -0.05) is 49.6 Å². The summed E-state index contributed by atoms with van der Waals surface area (Å²) in [6.07, 6.45) is 10.6. The van der Waals surface area contributed by atoms with Crippen LogP contribution in [0.2, 0.25) is 0 Å². The highest BCUT2D eigenvalue weighted by atomic mass is 35.5. The van der Waals surface area contributed by atoms with Gasteiger partial charge in [0.15, 0.2) is 0 Å². The first-order valence-corrected chi connectivity index (χ1v) is 8.63. The highest BCUT2D eigenvalue weighted by Gasteiger charge is 2.41. The van der Waals surface area contributed by atoms with E-state index < -0.39 is 0 Å². The molecule has 1 nitrogen and oxygen atoms in total. The Morgan fingerprint density at radius 3 is 2.55 bits per heavy atom. The summed E-state index contributed by atoms with van der Waals surface area (Å²) in [4.78, 5) is 0. The fourth-order valence-electron chi connectivity index (χ4n) is 3.96. The van der Waals surface area contributed by atoms with Gasteiger partial charge in [0.2, 0.25) is 0 Å². The number of ether oxygens (including phenoxy) is 1. The molecule has 1 aromatic rings. The molecule has 1 aromatic carbocycles. The summed E-state index contributed by atoms with van der Waals surface area (Å²) in [5.41, 5.74) is 1.59. The molecule has 3 rings (SSSR count). The first-order valence-electron chi connectivity index (χ1n) is 8.10. The maximum absolute atomic E-state index is 6.49. The molecule has 1 aliphatic heterocycles. The predicted molar refractivity (Wildman–Crippen MR) is 84.4 cm³/mol. The van der Waals surface area contributed by atoms with Crippen LogP contribution in [0.1, 0.15) is 62.8 Å². The van der Waals surface area contributed by atoms with Crippen LogP contribution < -0.4 is 0 Å². The van der Waals surface area contributed by atoms with E-state index in [4.69, 9.17) is 16.3 Å². The molecule has 2 unspecified atom stereocenters. The van der Waals surface area contributed by atoms with Crippen molar-refractivity contribution in [2.24, 2.45) is 0 Å². The maximum Gasteiger partial charge on any atom is 0.0687 e. The molecule has 2 fully saturated rings. The van der Waals surface area contributed by atoms with Crippen LogP contribution >= 0.6 is 11.6 Å². The van der Waals surface area contributed by atoms with E-state index in [0.717, 1.165) is 6.42 Å². The lowest BCUT2D eigenvalue weighted by atomic mass is 9.83. The number of benzene rings is 1. The number of halogens is 1. The number of rotatable bonds is 4. The van der Waals surface area contributed by atoms with E-state index in [0.29, 0.717) is 17.9 Å². The van der Waals surface area contributed by atoms with E-state index >= 15 is 0 Å². The Hall–Kier alpha value is -0.530. The molecule has 1 saturated heterocycles. The largest absolute Gasteiger partial charge is 0.372 e. The van der Waals surface area contributed by atoms with E-state index in [-0.39, 0.29) is 5.60 Å². The molecule has 1 spiro atoms. The molecule has 1 saturated carbocycles. The molecular formula is C18H25ClO. The van der Waals surface area contributed by atoms with E-state index in [2.05, 4.69) is 30.3 Å². The second-order valence-electron chi connectivity index (χ2n) is 6.52. The molecule has 0 amide bonds. The van der Waals surface area contributed by atoms with Gasteiger partial charge in [0, 0.05) is 5.88 Å². The minimum Gasteiger partial charge on any atom is -0.372 e. The second-order valence-corrected chi connectivity index (χ2v) is 6.83. The molecule has 1 heterocycles. The molecule has 2 heteroatoms. The Morgan fingerprint density at radius 1 is 1.10 bits per heavy atom. The lowest BCUT2D eigenvalue weighted by Crippen LogP contribution is -2.32. The summed E-state index contributed by atoms with van der Waals surface area (Å²) in [7, 11) is 0. The van der Waals surface area contributed by atoms with Crippen molar-refractivity contribution in [2.45, 2.75) is 69.0 Å². The zero-order chi connectivity index (χ0) is 13.8. The average molecular weight is 293 g/mol. The van der Waals surface area contributed by atoms with Gasteiger partial charge in [-0.3, -0.25) is 0 Å². The third-order valence-corrected chi connectivity index (χ3v) is 5.48. The molecular weight excluding hydrogens is 268 g/mol. The van der Waals surface area contributed by atoms with Crippen LogP contribution in [0.5, 0.6) is 0 Å². The van der Waals surface area contributed by atoms with Gasteiger partial charge in [-0.25, -0.2) is 0 Å². The minimum atomic E-state index is 0.233. The summed E-state index contributed by atoms with van der Waals surface area (Å²) in [5.74, 6) is 1.12. The van der Waals surface area contributed by atoms with Gasteiger partial charge in [-0.15, -0.1) is 11.6 Å². The molecule has 20 heavy (non-hydrogen) atoms. The molecule has 0 aromatic heterocycles. The van der Waals surface area contributed by atoms with Crippen LogP contribution in [0.3, 0.4) is 0 Å². The normalized spacial score (nSPS) is 26.8. The van der Waals surface area contributed by atoms with Gasteiger partial charge in [-0.05, 0) is 43.6 Å². The maximum atomic E-state index is 6.49. The summed E-state index contributed by atoms with van der Waals surface area (Å²) < 4.78 is 6.49. The number of hydrogen-bond acceptors (Lipinski definition) is 1. The van der Waals surface area contributed by atoms with Gasteiger partial charge in [0.1, 0.15) is 0 Å². The van der Waals surface area contributed by atoms with Crippen LogP contribution in [-0.2, 0) is 4.74 Å². The first kappa shape index (κ1) is 14.4. The third-order valence-electron chi connectivity index (χ3n) is 5.11. The Bertz CT molecular complexity index is 411. The molecule has 2 atom stereocenters. The Labute approximate surface area is 127 Å². The van der Waals surface area contributed by atoms with Crippen LogP contribution in [0.15, 0.2) is 30.3 Å². The topological polar surface area (TPSA) is 9.23 Å². The quantitative estimate of drug-likeness (QED) is 0.686. The van der Waals surface area contributed by atoms with Crippen LogP contribution in [-0.4, -0.2) is 17.6 Å². The van der Waals surface area contributed by atoms with Crippen LogP contribution in [0.25, 0.3) is 0 Å². The third kappa shape index (κ3) is 3.20. The van der Waals surface area contributed by atoms with Crippen LogP contribution in [0, 0.1) is 0 Å². The van der Waals surface area contributed by atoms with Gasteiger partial charge < -0.3 is 4.74 Å². The zero-order valence-corrected chi connectivity index (χ0v) is 12.9. The monoisotopic (exact) mass is 292 g/mol. The molecule has 0 N–H and O–H groups in total. The van der Waals surface area contributed by atoms with Crippen molar-refractivity contribution in [1.29, 1.82) is 0 Å². The average Bonchev–Trinajstić information content (AvgIpc) is 2.89. The van der Waals surface area contributed by atoms with Crippen molar-refractivity contribution in [3.63, 3.8) is 0 Å². The summed E-state index contributed by atoms with van der Waals surface area (Å²) in [5, 5.41) is 0. The van der Waals surface area contributed by atoms with Gasteiger partial charge in [0.25, 0.3) is 0 Å². The molecule has 1 aliphatic carbocycles. The lowest BCUT2D eigenvalue weighted by molar-refractivity contribution is -0.0669. The standard InChI is InChI=1S/C18H25ClO/c19-14-16(15-7-3-1-4-8-15)13-17-9-12-18(20-17)10-5-2-6-11-18/h1,3-4,7-8,16-17H,2,5-6,9-14H2. The second kappa shape index (κ2) is 6.49. The summed E-state index contributed by atoms with van der Waals surface area (Å²) in [6.45, 7) is 0. The highest BCUT2D eigenvalue weighted by molar-refractivity contribution is 6.18. The van der Waals surface area contributed by atoms with E-state index in [9.17, 15) is 0 Å². The van der Waals surface area contributed by atoms with E-state index in [1.54, 1.807) is 0 Å². The SMILES string of the molecule is ClCC(CC1CCC2(CCCCC2)O1)c1ccccc1. The van der Waals surface area contributed by atoms with Crippen molar-refractivity contribution in [3.05, 3.63) is 35.9 Å². The minimum absolute atomic E-state index is 0.233. The Balaban J connectivity index is 1.60. The fraction of sp³-hybridized carbons (Fsp3) is 0.667.